The Bertz CT molecular complexity index is 627. The highest BCUT2D eigenvalue weighted by molar-refractivity contribution is 7.99. The molecule has 0 amide bonds. The van der Waals surface area contributed by atoms with Crippen molar-refractivity contribution in [3.8, 4) is 0 Å². The number of aliphatic imine (C=N–C) groups is 1. The minimum atomic E-state index is -2.67. The topological polar surface area (TPSA) is 25.2 Å². The first-order chi connectivity index (χ1) is 9.94. The largest absolute Gasteiger partial charge is 0.265 e. The van der Waals surface area contributed by atoms with E-state index in [0.29, 0.717) is 0 Å². The summed E-state index contributed by atoms with van der Waals surface area (Å²) >= 11 is 1.13. The molecule has 2 nitrogen and oxygen atoms in total. The number of rotatable bonds is 5. The molecule has 2 aromatic rings. The number of hydrogen-bond donors (Lipinski definition) is 0. The van der Waals surface area contributed by atoms with Crippen LogP contribution in [0.1, 0.15) is 12.5 Å². The third-order valence-corrected chi connectivity index (χ3v) is 4.24. The molecule has 0 saturated heterocycles. The van der Waals surface area contributed by atoms with E-state index in [2.05, 4.69) is 19.2 Å². The van der Waals surface area contributed by atoms with E-state index in [-0.39, 0.29) is 5.75 Å². The van der Waals surface area contributed by atoms with Gasteiger partial charge in [-0.2, -0.15) is 0 Å². The fourth-order valence-corrected chi connectivity index (χ4v) is 2.72. The van der Waals surface area contributed by atoms with Crippen LogP contribution >= 0.6 is 21.0 Å². The molecule has 0 aliphatic rings. The first-order valence-electron chi connectivity index (χ1n) is 6.29. The van der Waals surface area contributed by atoms with Crippen LogP contribution in [0.5, 0.6) is 0 Å². The van der Waals surface area contributed by atoms with Crippen LogP contribution in [-0.2, 0) is 0 Å². The normalized spacial score (nSPS) is 12.5. The average molecular weight is 324 g/mol. The summed E-state index contributed by atoms with van der Waals surface area (Å²) in [6.45, 7) is 0.923. The number of halogens is 2. The Labute approximate surface area is 129 Å². The molecule has 0 N–H and O–H groups in total. The first kappa shape index (κ1) is 16.1. The van der Waals surface area contributed by atoms with Crippen molar-refractivity contribution in [3.05, 3.63) is 54.4 Å². The quantitative estimate of drug-likeness (QED) is 0.449. The molecule has 6 heteroatoms. The number of hydrogen-bond acceptors (Lipinski definition) is 3. The molecular formula is C15H15F2N2PS. The zero-order valence-electron chi connectivity index (χ0n) is 11.5. The molecule has 110 valence electrons. The van der Waals surface area contributed by atoms with E-state index in [9.17, 15) is 8.78 Å². The lowest BCUT2D eigenvalue weighted by atomic mass is 10.3. The molecule has 0 bridgehead atoms. The fourth-order valence-electron chi connectivity index (χ4n) is 1.58. The van der Waals surface area contributed by atoms with Crippen LogP contribution in [0, 0.1) is 0 Å². The molecule has 0 radical (unpaired) electrons. The molecule has 1 aromatic heterocycles. The number of pyridine rings is 1. The van der Waals surface area contributed by atoms with Crippen LogP contribution in [0.15, 0.2) is 58.7 Å². The molecule has 1 heterocycles. The summed E-state index contributed by atoms with van der Waals surface area (Å²) < 4.78 is 25.8. The van der Waals surface area contributed by atoms with Gasteiger partial charge in [0.15, 0.2) is 0 Å². The predicted molar refractivity (Wildman–Crippen MR) is 87.9 cm³/mol. The van der Waals surface area contributed by atoms with Crippen molar-refractivity contribution in [2.24, 2.45) is 4.99 Å². The molecule has 21 heavy (non-hydrogen) atoms. The summed E-state index contributed by atoms with van der Waals surface area (Å²) in [5, 5.41) is 0. The van der Waals surface area contributed by atoms with Crippen molar-refractivity contribution in [1.29, 1.82) is 0 Å². The van der Waals surface area contributed by atoms with Gasteiger partial charge in [0, 0.05) is 29.8 Å². The van der Waals surface area contributed by atoms with Gasteiger partial charge in [0.1, 0.15) is 0 Å². The summed E-state index contributed by atoms with van der Waals surface area (Å²) in [4.78, 5) is 9.23. The molecule has 0 spiro atoms. The zero-order valence-corrected chi connectivity index (χ0v) is 13.4. The fraction of sp³-hybridized carbons (Fsp3) is 0.200. The van der Waals surface area contributed by atoms with Gasteiger partial charge >= 0.3 is 0 Å². The number of alkyl halides is 2. The maximum atomic E-state index is 12.9. The Hall–Kier alpha value is -1.32. The van der Waals surface area contributed by atoms with Crippen LogP contribution in [0.2, 0.25) is 0 Å². The molecule has 1 aromatic carbocycles. The zero-order chi connectivity index (χ0) is 15.3. The van der Waals surface area contributed by atoms with Crippen molar-refractivity contribution in [3.63, 3.8) is 0 Å². The van der Waals surface area contributed by atoms with Crippen LogP contribution in [0.25, 0.3) is 0 Å². The highest BCUT2D eigenvalue weighted by atomic mass is 32.2. The highest BCUT2D eigenvalue weighted by Gasteiger charge is 2.20. The van der Waals surface area contributed by atoms with Gasteiger partial charge in [-0.1, -0.05) is 15.3 Å². The monoisotopic (exact) mass is 324 g/mol. The molecule has 0 aliphatic carbocycles. The lowest BCUT2D eigenvalue weighted by Crippen LogP contribution is -2.12. The highest BCUT2D eigenvalue weighted by Crippen LogP contribution is 2.28. The van der Waals surface area contributed by atoms with Crippen molar-refractivity contribution in [2.75, 3.05) is 5.75 Å². The lowest BCUT2D eigenvalue weighted by molar-refractivity contribution is 0.0492. The summed E-state index contributed by atoms with van der Waals surface area (Å²) in [7, 11) is 2.58. The summed E-state index contributed by atoms with van der Waals surface area (Å²) in [5.41, 5.74) is 2.47. The second kappa shape index (κ2) is 7.10. The van der Waals surface area contributed by atoms with Crippen LogP contribution < -0.4 is 0 Å². The van der Waals surface area contributed by atoms with Crippen LogP contribution in [-0.4, -0.2) is 22.1 Å². The van der Waals surface area contributed by atoms with E-state index in [1.54, 1.807) is 12.4 Å². The van der Waals surface area contributed by atoms with E-state index >= 15 is 0 Å². The number of thioether (sulfide) groups is 1. The number of benzene rings is 1. The van der Waals surface area contributed by atoms with Gasteiger partial charge in [-0.05, 0) is 30.3 Å². The Kier molecular flexibility index (Phi) is 5.43. The van der Waals surface area contributed by atoms with Crippen LogP contribution in [0.3, 0.4) is 0 Å². The number of aromatic nitrogens is 1. The van der Waals surface area contributed by atoms with Gasteiger partial charge < -0.3 is 0 Å². The summed E-state index contributed by atoms with van der Waals surface area (Å²) in [6.07, 6.45) is 3.40. The first-order valence-corrected chi connectivity index (χ1v) is 7.85. The Morgan fingerprint density at radius 2 is 2.00 bits per heavy atom. The van der Waals surface area contributed by atoms with Gasteiger partial charge in [0.25, 0.3) is 5.92 Å². The van der Waals surface area contributed by atoms with E-state index in [0.717, 1.165) is 40.3 Å². The van der Waals surface area contributed by atoms with E-state index in [4.69, 9.17) is 0 Å². The van der Waals surface area contributed by atoms with Gasteiger partial charge in [-0.15, -0.1) is 11.8 Å². The van der Waals surface area contributed by atoms with E-state index in [1.165, 1.54) is 0 Å². The van der Waals surface area contributed by atoms with Gasteiger partial charge in [0.2, 0.25) is 0 Å². The van der Waals surface area contributed by atoms with Crippen molar-refractivity contribution in [2.45, 2.75) is 17.7 Å². The minimum Gasteiger partial charge on any atom is -0.265 e. The predicted octanol–water partition coefficient (Wildman–Crippen LogP) is 4.78. The maximum Gasteiger partial charge on any atom is 0.254 e. The second-order valence-corrected chi connectivity index (χ2v) is 6.18. The van der Waals surface area contributed by atoms with Gasteiger partial charge in [-0.3, -0.25) is 4.98 Å². The van der Waals surface area contributed by atoms with Crippen molar-refractivity contribution < 1.29 is 8.78 Å². The minimum absolute atomic E-state index is 0.238. The molecule has 1 atom stereocenters. The molecule has 0 fully saturated rings. The third-order valence-electron chi connectivity index (χ3n) is 2.54. The molecule has 1 unspecified atom stereocenters. The smallest absolute Gasteiger partial charge is 0.254 e. The van der Waals surface area contributed by atoms with Gasteiger partial charge in [0.05, 0.1) is 16.9 Å². The molecule has 0 aliphatic heterocycles. The summed E-state index contributed by atoms with van der Waals surface area (Å²) in [6, 6.07) is 11.0. The Morgan fingerprint density at radius 1 is 1.29 bits per heavy atom. The lowest BCUT2D eigenvalue weighted by Gasteiger charge is -2.09. The van der Waals surface area contributed by atoms with E-state index in [1.807, 2.05) is 36.4 Å². The Morgan fingerprint density at radius 3 is 2.67 bits per heavy atom. The third kappa shape index (κ3) is 5.52. The summed E-state index contributed by atoms with van der Waals surface area (Å²) in [5.74, 6) is -2.91. The molecule has 0 saturated carbocycles. The molecule has 2 rings (SSSR count). The van der Waals surface area contributed by atoms with Crippen LogP contribution in [0.4, 0.5) is 14.5 Å². The van der Waals surface area contributed by atoms with Crippen molar-refractivity contribution >= 4 is 32.1 Å². The SMILES string of the molecule is CC(F)(F)CSc1cccc(/N=C(\P)c2ccncc2)c1. The number of nitrogens with zero attached hydrogens (tertiary/aromatic N) is 2. The maximum absolute atomic E-state index is 12.9. The standard InChI is InChI=1S/C15H15F2N2PS/c1-15(16,17)10-21-13-4-2-3-12(9-13)19-14(20)11-5-7-18-8-6-11/h2-9H,10,20H2,1H3/b19-14-. The van der Waals surface area contributed by atoms with Crippen molar-refractivity contribution in [1.82, 2.24) is 4.98 Å². The molecular weight excluding hydrogens is 309 g/mol. The second-order valence-electron chi connectivity index (χ2n) is 4.59. The average Bonchev–Trinajstić information content (AvgIpc) is 2.46. The van der Waals surface area contributed by atoms with Gasteiger partial charge in [-0.25, -0.2) is 13.8 Å². The Balaban J connectivity index is 2.14. The van der Waals surface area contributed by atoms with E-state index < -0.39 is 5.92 Å².